The predicted octanol–water partition coefficient (Wildman–Crippen LogP) is 6.08. The summed E-state index contributed by atoms with van der Waals surface area (Å²) in [7, 11) is 0. The molecule has 7 rings (SSSR count). The molecule has 1 aromatic carbocycles. The summed E-state index contributed by atoms with van der Waals surface area (Å²) >= 11 is 5.84. The number of hydrogen-bond donors (Lipinski definition) is 1. The van der Waals surface area contributed by atoms with Crippen LogP contribution < -0.4 is 4.74 Å². The van der Waals surface area contributed by atoms with Crippen molar-refractivity contribution >= 4 is 28.2 Å². The minimum absolute atomic E-state index is 0.0309. The molecule has 1 fully saturated rings. The summed E-state index contributed by atoms with van der Waals surface area (Å²) < 4.78 is 66.8. The minimum atomic E-state index is -4.64. The van der Waals surface area contributed by atoms with Gasteiger partial charge in [-0.15, -0.1) is 10.2 Å². The van der Waals surface area contributed by atoms with E-state index in [0.717, 1.165) is 42.0 Å². The largest absolute Gasteiger partial charge is 0.473 e. The van der Waals surface area contributed by atoms with Gasteiger partial charge >= 0.3 is 6.18 Å². The second-order valence-corrected chi connectivity index (χ2v) is 11.5. The van der Waals surface area contributed by atoms with Crippen molar-refractivity contribution in [3.05, 3.63) is 88.5 Å². The first-order valence-electron chi connectivity index (χ1n) is 14.6. The Morgan fingerprint density at radius 2 is 1.96 bits per heavy atom. The molecule has 5 aromatic rings. The SMILES string of the molecule is Fc1cc(Cl)ccc1COc1cccc(C2=CCN(Cc3nc4cc(-c5nnc(C(F)(F)F)[nH]5)ncc4n3C[C@@H]3CCO3)CC2)n1. The Morgan fingerprint density at radius 1 is 1.09 bits per heavy atom. The van der Waals surface area contributed by atoms with Crippen LogP contribution in [-0.4, -0.2) is 65.4 Å². The predicted molar refractivity (Wildman–Crippen MR) is 160 cm³/mol. The van der Waals surface area contributed by atoms with Crippen LogP contribution in [0.4, 0.5) is 17.6 Å². The Labute approximate surface area is 265 Å². The van der Waals surface area contributed by atoms with E-state index in [1.54, 1.807) is 30.5 Å². The molecule has 1 N–H and O–H groups in total. The molecule has 6 heterocycles. The normalized spacial score (nSPS) is 17.2. The van der Waals surface area contributed by atoms with Crippen molar-refractivity contribution in [1.29, 1.82) is 0 Å². The smallest absolute Gasteiger partial charge is 0.451 e. The summed E-state index contributed by atoms with van der Waals surface area (Å²) in [5.74, 6) is -0.494. The molecule has 0 bridgehead atoms. The zero-order valence-corrected chi connectivity index (χ0v) is 25.0. The van der Waals surface area contributed by atoms with Crippen LogP contribution in [0.1, 0.15) is 35.7 Å². The van der Waals surface area contributed by atoms with E-state index in [0.29, 0.717) is 48.2 Å². The number of hydrogen-bond acceptors (Lipinski definition) is 8. The number of benzene rings is 1. The number of imidazole rings is 1. The number of H-pyrrole nitrogens is 1. The molecule has 0 unspecified atom stereocenters. The highest BCUT2D eigenvalue weighted by atomic mass is 35.5. The summed E-state index contributed by atoms with van der Waals surface area (Å²) in [6.07, 6.45) is 0.824. The Morgan fingerprint density at radius 3 is 2.67 bits per heavy atom. The highest BCUT2D eigenvalue weighted by Crippen LogP contribution is 2.29. The number of nitrogens with one attached hydrogen (secondary N) is 1. The number of rotatable bonds is 9. The third kappa shape index (κ3) is 6.46. The molecule has 2 aliphatic rings. The molecule has 46 heavy (non-hydrogen) atoms. The molecule has 15 heteroatoms. The molecular weight excluding hydrogens is 628 g/mol. The van der Waals surface area contributed by atoms with Crippen LogP contribution in [0.5, 0.6) is 5.88 Å². The van der Waals surface area contributed by atoms with Gasteiger partial charge in [0.25, 0.3) is 0 Å². The lowest BCUT2D eigenvalue weighted by molar-refractivity contribution is -0.144. The second-order valence-electron chi connectivity index (χ2n) is 11.1. The molecule has 2 aliphatic heterocycles. The fraction of sp³-hybridized carbons (Fsp3) is 0.323. The lowest BCUT2D eigenvalue weighted by atomic mass is 10.0. The molecule has 0 aliphatic carbocycles. The van der Waals surface area contributed by atoms with Crippen LogP contribution in [0.2, 0.25) is 5.02 Å². The van der Waals surface area contributed by atoms with E-state index in [2.05, 4.69) is 40.7 Å². The van der Waals surface area contributed by atoms with Crippen molar-refractivity contribution in [2.45, 2.75) is 44.8 Å². The maximum absolute atomic E-state index is 14.2. The molecule has 0 saturated carbocycles. The van der Waals surface area contributed by atoms with Gasteiger partial charge in [-0.3, -0.25) is 9.88 Å². The average Bonchev–Trinajstić information content (AvgIpc) is 3.64. The van der Waals surface area contributed by atoms with Gasteiger partial charge in [0, 0.05) is 36.3 Å². The van der Waals surface area contributed by atoms with Crippen molar-refractivity contribution in [2.24, 2.45) is 0 Å². The molecule has 0 amide bonds. The van der Waals surface area contributed by atoms with Crippen molar-refractivity contribution in [3.63, 3.8) is 0 Å². The fourth-order valence-electron chi connectivity index (χ4n) is 5.42. The lowest BCUT2D eigenvalue weighted by Gasteiger charge is -2.29. The van der Waals surface area contributed by atoms with Crippen LogP contribution >= 0.6 is 11.6 Å². The van der Waals surface area contributed by atoms with E-state index >= 15 is 0 Å². The first-order valence-corrected chi connectivity index (χ1v) is 15.0. The van der Waals surface area contributed by atoms with Crippen LogP contribution in [-0.2, 0) is 30.6 Å². The van der Waals surface area contributed by atoms with E-state index in [1.165, 1.54) is 6.07 Å². The van der Waals surface area contributed by atoms with Crippen molar-refractivity contribution in [1.82, 2.24) is 39.6 Å². The Bertz CT molecular complexity index is 1920. The van der Waals surface area contributed by atoms with Gasteiger partial charge in [0.15, 0.2) is 5.82 Å². The standard InChI is InChI=1S/C31H27ClF4N8O2/c32-20-5-4-19(22(33)12-20)17-46-28-3-1-2-23(39-28)18-6-9-43(10-7-18)16-27-38-24-13-25(29-40-30(42-41-29)31(34,35)36)37-14-26(24)44(27)15-21-8-11-45-21/h1-6,12-14,21H,7-11,15-17H2,(H,40,41,42)/t21-/m0/s1. The van der Waals surface area contributed by atoms with E-state index < -0.39 is 17.8 Å². The van der Waals surface area contributed by atoms with Gasteiger partial charge in [0.2, 0.25) is 11.7 Å². The number of alkyl halides is 3. The third-order valence-electron chi connectivity index (χ3n) is 7.99. The molecule has 4 aromatic heterocycles. The summed E-state index contributed by atoms with van der Waals surface area (Å²) in [6.45, 7) is 3.29. The first-order chi connectivity index (χ1) is 22.2. The van der Waals surface area contributed by atoms with Crippen molar-refractivity contribution in [2.75, 3.05) is 19.7 Å². The Kier molecular flexibility index (Phi) is 8.17. The zero-order chi connectivity index (χ0) is 31.8. The summed E-state index contributed by atoms with van der Waals surface area (Å²) in [6, 6.07) is 11.6. The molecule has 0 radical (unpaired) electrons. The summed E-state index contributed by atoms with van der Waals surface area (Å²) in [4.78, 5) is 18.3. The first kappa shape index (κ1) is 30.3. The third-order valence-corrected chi connectivity index (χ3v) is 8.23. The molecule has 0 spiro atoms. The molecular formula is C31H27ClF4N8O2. The number of aromatic nitrogens is 7. The highest BCUT2D eigenvalue weighted by molar-refractivity contribution is 6.30. The fourth-order valence-corrected chi connectivity index (χ4v) is 5.58. The molecule has 1 saturated heterocycles. The highest BCUT2D eigenvalue weighted by Gasteiger charge is 2.35. The summed E-state index contributed by atoms with van der Waals surface area (Å²) in [5.41, 5.74) is 3.83. The van der Waals surface area contributed by atoms with Crippen molar-refractivity contribution in [3.8, 4) is 17.4 Å². The van der Waals surface area contributed by atoms with Gasteiger partial charge in [0.1, 0.15) is 23.9 Å². The van der Waals surface area contributed by atoms with E-state index in [9.17, 15) is 17.6 Å². The molecule has 1 atom stereocenters. The van der Waals surface area contributed by atoms with Gasteiger partial charge in [-0.2, -0.15) is 13.2 Å². The minimum Gasteiger partial charge on any atom is -0.473 e. The Hall–Kier alpha value is -4.40. The lowest BCUT2D eigenvalue weighted by Crippen LogP contribution is -2.33. The Balaban J connectivity index is 1.06. The molecule has 238 valence electrons. The zero-order valence-electron chi connectivity index (χ0n) is 24.3. The monoisotopic (exact) mass is 654 g/mol. The average molecular weight is 655 g/mol. The molecule has 10 nitrogen and oxygen atoms in total. The number of aromatic amines is 1. The van der Waals surface area contributed by atoms with Crippen LogP contribution in [0, 0.1) is 5.82 Å². The maximum Gasteiger partial charge on any atom is 0.451 e. The number of halogens is 5. The number of nitrogens with zero attached hydrogens (tertiary/aromatic N) is 7. The van der Waals surface area contributed by atoms with Crippen LogP contribution in [0.3, 0.4) is 0 Å². The summed E-state index contributed by atoms with van der Waals surface area (Å²) in [5, 5.41) is 7.16. The van der Waals surface area contributed by atoms with Crippen LogP contribution in [0.25, 0.3) is 28.1 Å². The van der Waals surface area contributed by atoms with Gasteiger partial charge in [-0.1, -0.05) is 29.8 Å². The van der Waals surface area contributed by atoms with E-state index in [-0.39, 0.29) is 24.2 Å². The number of ether oxygens (including phenoxy) is 2. The van der Waals surface area contributed by atoms with Gasteiger partial charge in [-0.25, -0.2) is 14.4 Å². The number of pyridine rings is 2. The van der Waals surface area contributed by atoms with Gasteiger partial charge < -0.3 is 19.0 Å². The van der Waals surface area contributed by atoms with Gasteiger partial charge in [0.05, 0.1) is 42.1 Å². The van der Waals surface area contributed by atoms with E-state index in [1.807, 2.05) is 12.1 Å². The van der Waals surface area contributed by atoms with E-state index in [4.69, 9.17) is 26.1 Å². The second kappa shape index (κ2) is 12.4. The van der Waals surface area contributed by atoms with Crippen LogP contribution in [0.15, 0.2) is 54.7 Å². The van der Waals surface area contributed by atoms with Crippen molar-refractivity contribution < 1.29 is 27.0 Å². The van der Waals surface area contributed by atoms with Gasteiger partial charge in [-0.05, 0) is 42.7 Å². The topological polar surface area (TPSA) is 107 Å². The quantitative estimate of drug-likeness (QED) is 0.191. The maximum atomic E-state index is 14.2. The number of fused-ring (bicyclic) bond motifs is 1.